The molecule has 0 atom stereocenters. The van der Waals surface area contributed by atoms with Gasteiger partial charge in [0.2, 0.25) is 0 Å². The summed E-state index contributed by atoms with van der Waals surface area (Å²) in [6, 6.07) is 0. The first-order valence-electron chi connectivity index (χ1n) is 7.05. The van der Waals surface area contributed by atoms with Crippen molar-refractivity contribution >= 4 is 8.32 Å². The highest BCUT2D eigenvalue weighted by atomic mass is 28.4. The molecule has 0 unspecified atom stereocenters. The smallest absolute Gasteiger partial charge is 0.191 e. The Hall–Kier alpha value is -0.483. The normalized spacial score (nSPS) is 16.8. The molecule has 106 valence electrons. The summed E-state index contributed by atoms with van der Waals surface area (Å²) < 4.78 is 6.17. The molecule has 1 heterocycles. The molecule has 0 aromatic rings. The SMILES string of the molecule is CC1=C(CCCCO[Si](C)(C)C(C)(C)C)NCN1. The molecule has 1 aliphatic rings. The molecular weight excluding hydrogens is 240 g/mol. The summed E-state index contributed by atoms with van der Waals surface area (Å²) in [5, 5.41) is 7.00. The van der Waals surface area contributed by atoms with Crippen LogP contribution in [0.25, 0.3) is 0 Å². The van der Waals surface area contributed by atoms with Crippen LogP contribution in [0.3, 0.4) is 0 Å². The van der Waals surface area contributed by atoms with Crippen molar-refractivity contribution in [1.82, 2.24) is 10.6 Å². The van der Waals surface area contributed by atoms with Crippen molar-refractivity contribution in [3.63, 3.8) is 0 Å². The van der Waals surface area contributed by atoms with E-state index in [4.69, 9.17) is 4.43 Å². The Labute approximate surface area is 114 Å². The van der Waals surface area contributed by atoms with Gasteiger partial charge in [-0.3, -0.25) is 0 Å². The van der Waals surface area contributed by atoms with E-state index in [1.165, 1.54) is 17.8 Å². The molecule has 1 aliphatic heterocycles. The van der Waals surface area contributed by atoms with E-state index >= 15 is 0 Å². The zero-order valence-electron chi connectivity index (χ0n) is 12.9. The van der Waals surface area contributed by atoms with E-state index in [1.807, 2.05) is 0 Å². The largest absolute Gasteiger partial charge is 0.417 e. The molecule has 0 aromatic heterocycles. The van der Waals surface area contributed by atoms with E-state index in [2.05, 4.69) is 51.4 Å². The predicted molar refractivity (Wildman–Crippen MR) is 80.8 cm³/mol. The van der Waals surface area contributed by atoms with Crippen LogP contribution in [0.5, 0.6) is 0 Å². The quantitative estimate of drug-likeness (QED) is 0.572. The van der Waals surface area contributed by atoms with E-state index in [9.17, 15) is 0 Å². The molecule has 3 nitrogen and oxygen atoms in total. The van der Waals surface area contributed by atoms with Crippen molar-refractivity contribution in [3.05, 3.63) is 11.4 Å². The Bertz CT molecular complexity index is 305. The summed E-state index contributed by atoms with van der Waals surface area (Å²) in [5.41, 5.74) is 2.68. The van der Waals surface area contributed by atoms with Gasteiger partial charge in [0.25, 0.3) is 0 Å². The van der Waals surface area contributed by atoms with E-state index in [0.717, 1.165) is 26.1 Å². The van der Waals surface area contributed by atoms with Gasteiger partial charge in [-0.1, -0.05) is 20.8 Å². The maximum atomic E-state index is 6.17. The van der Waals surface area contributed by atoms with Gasteiger partial charge in [-0.2, -0.15) is 0 Å². The first kappa shape index (κ1) is 15.6. The van der Waals surface area contributed by atoms with Gasteiger partial charge in [0.1, 0.15) is 0 Å². The van der Waals surface area contributed by atoms with Crippen molar-refractivity contribution in [2.75, 3.05) is 13.3 Å². The van der Waals surface area contributed by atoms with E-state index < -0.39 is 8.32 Å². The number of nitrogens with one attached hydrogen (secondary N) is 2. The Kier molecular flexibility index (Phi) is 5.28. The lowest BCUT2D eigenvalue weighted by Gasteiger charge is -2.36. The summed E-state index contributed by atoms with van der Waals surface area (Å²) in [5.74, 6) is 0. The fraction of sp³-hybridized carbons (Fsp3) is 0.857. The summed E-state index contributed by atoms with van der Waals surface area (Å²) in [4.78, 5) is 0. The van der Waals surface area contributed by atoms with Crippen LogP contribution in [0.2, 0.25) is 18.1 Å². The lowest BCUT2D eigenvalue weighted by atomic mass is 10.2. The van der Waals surface area contributed by atoms with E-state index in [1.54, 1.807) is 0 Å². The highest BCUT2D eigenvalue weighted by Gasteiger charge is 2.36. The molecule has 2 N–H and O–H groups in total. The van der Waals surface area contributed by atoms with Gasteiger partial charge in [-0.15, -0.1) is 0 Å². The van der Waals surface area contributed by atoms with E-state index in [-0.39, 0.29) is 0 Å². The van der Waals surface area contributed by atoms with Crippen LogP contribution in [0.1, 0.15) is 47.0 Å². The second-order valence-corrected chi connectivity index (χ2v) is 11.5. The number of unbranched alkanes of at least 4 members (excludes halogenated alkanes) is 1. The fourth-order valence-electron chi connectivity index (χ4n) is 1.75. The first-order chi connectivity index (χ1) is 8.24. The van der Waals surface area contributed by atoms with Crippen molar-refractivity contribution < 1.29 is 4.43 Å². The molecule has 0 amide bonds. The molecule has 0 saturated heterocycles. The molecule has 0 radical (unpaired) electrons. The number of rotatable bonds is 6. The average molecular weight is 270 g/mol. The standard InChI is InChI=1S/C14H30N2OSi/c1-12-13(16-11-15-12)9-7-8-10-17-18(5,6)14(2,3)4/h15-16H,7-11H2,1-6H3. The van der Waals surface area contributed by atoms with Gasteiger partial charge < -0.3 is 15.1 Å². The molecule has 0 fully saturated rings. The minimum Gasteiger partial charge on any atom is -0.417 e. The van der Waals surface area contributed by atoms with Crippen LogP contribution >= 0.6 is 0 Å². The topological polar surface area (TPSA) is 33.3 Å². The Balaban J connectivity index is 2.18. The molecule has 4 heteroatoms. The third-order valence-corrected chi connectivity index (χ3v) is 8.74. The van der Waals surface area contributed by atoms with E-state index in [0.29, 0.717) is 5.04 Å². The Morgan fingerprint density at radius 3 is 2.33 bits per heavy atom. The Morgan fingerprint density at radius 1 is 1.17 bits per heavy atom. The molecule has 18 heavy (non-hydrogen) atoms. The van der Waals surface area contributed by atoms with Crippen molar-refractivity contribution in [1.29, 1.82) is 0 Å². The third kappa shape index (κ3) is 4.32. The van der Waals surface area contributed by atoms with Crippen LogP contribution in [0.15, 0.2) is 11.4 Å². The second kappa shape index (κ2) is 6.11. The molecule has 0 aliphatic carbocycles. The van der Waals surface area contributed by atoms with Crippen molar-refractivity contribution in [2.24, 2.45) is 0 Å². The third-order valence-electron chi connectivity index (χ3n) is 4.20. The molecule has 0 aromatic carbocycles. The fourth-order valence-corrected chi connectivity index (χ4v) is 2.83. The number of hydrogen-bond acceptors (Lipinski definition) is 3. The minimum atomic E-state index is -1.54. The second-order valence-electron chi connectivity index (χ2n) is 6.70. The predicted octanol–water partition coefficient (Wildman–Crippen LogP) is 3.56. The highest BCUT2D eigenvalue weighted by molar-refractivity contribution is 6.74. The minimum absolute atomic E-state index is 0.322. The maximum Gasteiger partial charge on any atom is 0.191 e. The average Bonchev–Trinajstić information content (AvgIpc) is 2.62. The lowest BCUT2D eigenvalue weighted by Crippen LogP contribution is -2.40. The van der Waals surface area contributed by atoms with Crippen LogP contribution in [0, 0.1) is 0 Å². The van der Waals surface area contributed by atoms with Crippen LogP contribution in [-0.2, 0) is 4.43 Å². The van der Waals surface area contributed by atoms with Gasteiger partial charge in [0.05, 0.1) is 6.67 Å². The Morgan fingerprint density at radius 2 is 1.83 bits per heavy atom. The zero-order chi connectivity index (χ0) is 13.8. The van der Waals surface area contributed by atoms with Crippen LogP contribution in [0.4, 0.5) is 0 Å². The first-order valence-corrected chi connectivity index (χ1v) is 9.96. The monoisotopic (exact) mass is 270 g/mol. The van der Waals surface area contributed by atoms with Gasteiger partial charge in [0, 0.05) is 18.0 Å². The van der Waals surface area contributed by atoms with Crippen molar-refractivity contribution in [2.45, 2.75) is 65.1 Å². The van der Waals surface area contributed by atoms with Crippen LogP contribution < -0.4 is 10.6 Å². The molecule has 0 bridgehead atoms. The summed E-state index contributed by atoms with van der Waals surface area (Å²) in [6.45, 7) is 15.5. The van der Waals surface area contributed by atoms with Gasteiger partial charge in [0.15, 0.2) is 8.32 Å². The summed E-state index contributed by atoms with van der Waals surface area (Å²) in [6.07, 6.45) is 3.50. The van der Waals surface area contributed by atoms with Gasteiger partial charge >= 0.3 is 0 Å². The van der Waals surface area contributed by atoms with Gasteiger partial charge in [-0.25, -0.2) is 0 Å². The molecule has 0 spiro atoms. The number of allylic oxidation sites excluding steroid dienone is 2. The highest BCUT2D eigenvalue weighted by Crippen LogP contribution is 2.36. The summed E-state index contributed by atoms with van der Waals surface area (Å²) in [7, 11) is -1.54. The number of hydrogen-bond donors (Lipinski definition) is 2. The lowest BCUT2D eigenvalue weighted by molar-refractivity contribution is 0.279. The molecule has 0 saturated carbocycles. The molecular formula is C14H30N2OSi. The molecule has 1 rings (SSSR count). The van der Waals surface area contributed by atoms with Crippen molar-refractivity contribution in [3.8, 4) is 0 Å². The van der Waals surface area contributed by atoms with Crippen LogP contribution in [-0.4, -0.2) is 21.6 Å². The zero-order valence-corrected chi connectivity index (χ0v) is 13.9. The summed E-state index contributed by atoms with van der Waals surface area (Å²) >= 11 is 0. The maximum absolute atomic E-state index is 6.17. The van der Waals surface area contributed by atoms with Gasteiger partial charge in [-0.05, 0) is 44.3 Å².